The summed E-state index contributed by atoms with van der Waals surface area (Å²) < 4.78 is 7.44. The van der Waals surface area contributed by atoms with Crippen LogP contribution in [0.3, 0.4) is 0 Å². The molecule has 2 heterocycles. The van der Waals surface area contributed by atoms with Crippen molar-refractivity contribution in [2.24, 2.45) is 0 Å². The zero-order valence-corrected chi connectivity index (χ0v) is 17.9. The third-order valence-electron chi connectivity index (χ3n) is 4.67. The van der Waals surface area contributed by atoms with E-state index in [1.54, 1.807) is 35.1 Å². The summed E-state index contributed by atoms with van der Waals surface area (Å²) in [5.41, 5.74) is 1.84. The van der Waals surface area contributed by atoms with Crippen LogP contribution in [0.15, 0.2) is 42.7 Å². The maximum absolute atomic E-state index is 12.5. The van der Waals surface area contributed by atoms with Crippen molar-refractivity contribution in [3.8, 4) is 0 Å². The standard InChI is InChI=1S/C21H27N3O3Si/c1-16(24-20(25)18-7-5-6-8-19(18)21(24)26)9-10-17-13-22-23(14-17)15-27-11-12-28(2,3)4/h5-10,13-14,16H,11-12,15H2,1-4H3/b10-9+/t16-/m0/s1. The number of carbonyl (C=O) groups is 2. The van der Waals surface area contributed by atoms with Crippen molar-refractivity contribution < 1.29 is 14.3 Å². The highest BCUT2D eigenvalue weighted by molar-refractivity contribution is 6.76. The van der Waals surface area contributed by atoms with Gasteiger partial charge in [-0.1, -0.05) is 43.9 Å². The third-order valence-corrected chi connectivity index (χ3v) is 6.38. The van der Waals surface area contributed by atoms with Gasteiger partial charge in [-0.2, -0.15) is 5.10 Å². The molecule has 148 valence electrons. The number of ether oxygens (including phenoxy) is 1. The van der Waals surface area contributed by atoms with Gasteiger partial charge in [0.05, 0.1) is 23.4 Å². The number of nitrogens with zero attached hydrogens (tertiary/aromatic N) is 3. The van der Waals surface area contributed by atoms with Crippen LogP contribution < -0.4 is 0 Å². The predicted octanol–water partition coefficient (Wildman–Crippen LogP) is 3.89. The summed E-state index contributed by atoms with van der Waals surface area (Å²) in [6, 6.07) is 7.71. The molecule has 0 aliphatic carbocycles. The van der Waals surface area contributed by atoms with Crippen molar-refractivity contribution >= 4 is 26.0 Å². The molecule has 6 nitrogen and oxygen atoms in total. The Kier molecular flexibility index (Phi) is 5.95. The van der Waals surface area contributed by atoms with Crippen LogP contribution in [0, 0.1) is 0 Å². The van der Waals surface area contributed by atoms with Crippen LogP contribution in [-0.4, -0.2) is 47.2 Å². The minimum absolute atomic E-state index is 0.246. The van der Waals surface area contributed by atoms with Gasteiger partial charge in [-0.3, -0.25) is 14.5 Å². The molecule has 3 rings (SSSR count). The van der Waals surface area contributed by atoms with E-state index in [2.05, 4.69) is 24.7 Å². The largest absolute Gasteiger partial charge is 0.360 e. The Bertz CT molecular complexity index is 863. The molecule has 1 aromatic heterocycles. The Morgan fingerprint density at radius 1 is 1.14 bits per heavy atom. The number of amides is 2. The minimum Gasteiger partial charge on any atom is -0.360 e. The molecule has 2 amide bonds. The maximum Gasteiger partial charge on any atom is 0.262 e. The quantitative estimate of drug-likeness (QED) is 0.385. The Labute approximate surface area is 166 Å². The molecule has 0 N–H and O–H groups in total. The Morgan fingerprint density at radius 2 is 1.79 bits per heavy atom. The Balaban J connectivity index is 1.57. The minimum atomic E-state index is -1.09. The van der Waals surface area contributed by atoms with E-state index in [9.17, 15) is 9.59 Å². The molecule has 1 aliphatic rings. The lowest BCUT2D eigenvalue weighted by Gasteiger charge is -2.19. The molecule has 2 aromatic rings. The van der Waals surface area contributed by atoms with Crippen molar-refractivity contribution in [2.45, 2.75) is 45.4 Å². The first-order chi connectivity index (χ1) is 13.3. The van der Waals surface area contributed by atoms with Gasteiger partial charge in [-0.25, -0.2) is 4.68 Å². The van der Waals surface area contributed by atoms with Crippen LogP contribution >= 0.6 is 0 Å². The molecule has 1 aliphatic heterocycles. The SMILES string of the molecule is C[C@@H](/C=C/c1cnn(COCC[Si](C)(C)C)c1)N1C(=O)c2ccccc2C1=O. The molecule has 0 unspecified atom stereocenters. The molecule has 28 heavy (non-hydrogen) atoms. The van der Waals surface area contributed by atoms with Gasteiger partial charge in [0.1, 0.15) is 6.73 Å². The van der Waals surface area contributed by atoms with Crippen LogP contribution in [0.5, 0.6) is 0 Å². The van der Waals surface area contributed by atoms with E-state index in [1.165, 1.54) is 4.90 Å². The second kappa shape index (κ2) is 8.24. The van der Waals surface area contributed by atoms with Crippen molar-refractivity contribution in [1.29, 1.82) is 0 Å². The first-order valence-corrected chi connectivity index (χ1v) is 13.2. The number of imide groups is 1. The van der Waals surface area contributed by atoms with Crippen LogP contribution in [0.25, 0.3) is 6.08 Å². The second-order valence-electron chi connectivity index (χ2n) is 8.29. The first-order valence-electron chi connectivity index (χ1n) is 9.51. The molecule has 0 bridgehead atoms. The number of hydrogen-bond acceptors (Lipinski definition) is 4. The molecular weight excluding hydrogens is 370 g/mol. The normalized spacial score (nSPS) is 15.5. The fraction of sp³-hybridized carbons (Fsp3) is 0.381. The molecule has 7 heteroatoms. The van der Waals surface area contributed by atoms with Crippen LogP contribution in [0.2, 0.25) is 25.7 Å². The van der Waals surface area contributed by atoms with E-state index in [0.717, 1.165) is 18.2 Å². The van der Waals surface area contributed by atoms with Gasteiger partial charge in [-0.15, -0.1) is 0 Å². The third kappa shape index (κ3) is 4.66. The fourth-order valence-electron chi connectivity index (χ4n) is 2.99. The topological polar surface area (TPSA) is 64.4 Å². The number of hydrogen-bond donors (Lipinski definition) is 0. The number of aromatic nitrogens is 2. The molecule has 0 saturated carbocycles. The van der Waals surface area contributed by atoms with E-state index in [0.29, 0.717) is 17.9 Å². The van der Waals surface area contributed by atoms with Gasteiger partial charge in [0.25, 0.3) is 11.8 Å². The van der Waals surface area contributed by atoms with Crippen molar-refractivity contribution in [2.75, 3.05) is 6.61 Å². The summed E-state index contributed by atoms with van der Waals surface area (Å²) >= 11 is 0. The molecular formula is C21H27N3O3Si. The lowest BCUT2D eigenvalue weighted by Crippen LogP contribution is -2.36. The summed E-state index contributed by atoms with van der Waals surface area (Å²) in [5.74, 6) is -0.492. The molecule has 1 atom stereocenters. The van der Waals surface area contributed by atoms with Crippen LogP contribution in [0.1, 0.15) is 33.2 Å². The zero-order valence-electron chi connectivity index (χ0n) is 16.9. The van der Waals surface area contributed by atoms with E-state index in [1.807, 2.05) is 25.3 Å². The van der Waals surface area contributed by atoms with E-state index >= 15 is 0 Å². The van der Waals surface area contributed by atoms with E-state index in [-0.39, 0.29) is 17.9 Å². The average Bonchev–Trinajstić information content (AvgIpc) is 3.20. The van der Waals surface area contributed by atoms with Gasteiger partial charge >= 0.3 is 0 Å². The smallest absolute Gasteiger partial charge is 0.262 e. The van der Waals surface area contributed by atoms with Gasteiger partial charge in [0, 0.05) is 26.4 Å². The molecule has 0 fully saturated rings. The average molecular weight is 398 g/mol. The van der Waals surface area contributed by atoms with E-state index < -0.39 is 8.07 Å². The summed E-state index contributed by atoms with van der Waals surface area (Å²) in [4.78, 5) is 26.3. The lowest BCUT2D eigenvalue weighted by atomic mass is 10.1. The summed E-state index contributed by atoms with van der Waals surface area (Å²) in [6.07, 6.45) is 7.35. The van der Waals surface area contributed by atoms with Crippen LogP contribution in [0.4, 0.5) is 0 Å². The summed E-state index contributed by atoms with van der Waals surface area (Å²) in [5, 5.41) is 4.29. The zero-order chi connectivity index (χ0) is 20.3. The van der Waals surface area contributed by atoms with Gasteiger partial charge in [0.2, 0.25) is 0 Å². The van der Waals surface area contributed by atoms with Crippen LogP contribution in [-0.2, 0) is 11.5 Å². The molecule has 0 spiro atoms. The highest BCUT2D eigenvalue weighted by Gasteiger charge is 2.37. The Hall–Kier alpha value is -2.51. The van der Waals surface area contributed by atoms with Crippen molar-refractivity contribution in [3.63, 3.8) is 0 Å². The molecule has 0 radical (unpaired) electrons. The first kappa shape index (κ1) is 20.2. The number of benzene rings is 1. The maximum atomic E-state index is 12.5. The van der Waals surface area contributed by atoms with Gasteiger partial charge < -0.3 is 4.74 Å². The highest BCUT2D eigenvalue weighted by atomic mass is 28.3. The predicted molar refractivity (Wildman–Crippen MR) is 112 cm³/mol. The Morgan fingerprint density at radius 3 is 2.39 bits per heavy atom. The van der Waals surface area contributed by atoms with E-state index in [4.69, 9.17) is 4.74 Å². The lowest BCUT2D eigenvalue weighted by molar-refractivity contribution is 0.0625. The summed E-state index contributed by atoms with van der Waals surface area (Å²) in [6.45, 7) is 9.97. The second-order valence-corrected chi connectivity index (χ2v) is 13.9. The molecule has 0 saturated heterocycles. The number of fused-ring (bicyclic) bond motifs is 1. The van der Waals surface area contributed by atoms with Gasteiger partial charge in [0.15, 0.2) is 0 Å². The summed E-state index contributed by atoms with van der Waals surface area (Å²) in [7, 11) is -1.09. The van der Waals surface area contributed by atoms with Gasteiger partial charge in [-0.05, 0) is 25.1 Å². The molecule has 1 aromatic carbocycles. The fourth-order valence-corrected chi connectivity index (χ4v) is 3.74. The van der Waals surface area contributed by atoms with Crippen molar-refractivity contribution in [1.82, 2.24) is 14.7 Å². The van der Waals surface area contributed by atoms with Crippen molar-refractivity contribution in [3.05, 3.63) is 59.4 Å². The number of carbonyl (C=O) groups excluding carboxylic acids is 2. The number of rotatable bonds is 8. The highest BCUT2D eigenvalue weighted by Crippen LogP contribution is 2.25. The monoisotopic (exact) mass is 397 g/mol.